The minimum Gasteiger partial charge on any atom is -0.465 e. The maximum absolute atomic E-state index is 14.2. The third-order valence-corrected chi connectivity index (χ3v) is 7.77. The lowest BCUT2D eigenvalue weighted by Crippen LogP contribution is -2.36. The first-order chi connectivity index (χ1) is 17.2. The standard InChI is InChI=1S/C28H35F2NO4S/c1-20(9-6-7-12-21-10-4-3-5-11-21)24(32)16-14-22-19-28(29,30)27(34)31(22)18-8-13-23-15-17-25(36-23)26(33)35-2/h3-5,10-11,14-17,20,22,24,32H,6-9,12-13,18-19H2,1-2H3/b16-14+/t20-,22-,24+/m0/s1. The van der Waals surface area contributed by atoms with Crippen molar-refractivity contribution in [2.24, 2.45) is 5.92 Å². The van der Waals surface area contributed by atoms with Crippen LogP contribution in [0.3, 0.4) is 0 Å². The zero-order chi connectivity index (χ0) is 26.1. The first-order valence-corrected chi connectivity index (χ1v) is 13.3. The van der Waals surface area contributed by atoms with Crippen LogP contribution in [0.4, 0.5) is 8.78 Å². The third kappa shape index (κ3) is 7.71. The van der Waals surface area contributed by atoms with Crippen LogP contribution in [-0.4, -0.2) is 53.6 Å². The fourth-order valence-corrected chi connectivity index (χ4v) is 5.42. The molecule has 1 N–H and O–H groups in total. The van der Waals surface area contributed by atoms with Gasteiger partial charge >= 0.3 is 11.9 Å². The van der Waals surface area contributed by atoms with E-state index in [2.05, 4.69) is 12.1 Å². The van der Waals surface area contributed by atoms with Gasteiger partial charge in [-0.2, -0.15) is 8.78 Å². The number of halogens is 2. The van der Waals surface area contributed by atoms with Crippen LogP contribution in [0.1, 0.15) is 59.1 Å². The van der Waals surface area contributed by atoms with Gasteiger partial charge in [-0.3, -0.25) is 4.79 Å². The number of likely N-dealkylation sites (tertiary alicyclic amines) is 1. The topological polar surface area (TPSA) is 66.8 Å². The number of carbonyl (C=O) groups excluding carboxylic acids is 2. The van der Waals surface area contributed by atoms with Gasteiger partial charge in [-0.05, 0) is 55.7 Å². The highest BCUT2D eigenvalue weighted by molar-refractivity contribution is 7.13. The molecule has 3 atom stereocenters. The van der Waals surface area contributed by atoms with E-state index in [9.17, 15) is 23.5 Å². The van der Waals surface area contributed by atoms with Crippen molar-refractivity contribution >= 4 is 23.2 Å². The van der Waals surface area contributed by atoms with Gasteiger partial charge in [0.1, 0.15) is 4.88 Å². The van der Waals surface area contributed by atoms with Crippen molar-refractivity contribution < 1.29 is 28.2 Å². The smallest absolute Gasteiger partial charge is 0.348 e. The quantitative estimate of drug-likeness (QED) is 0.210. The molecule has 0 radical (unpaired) electrons. The number of carbonyl (C=O) groups is 2. The predicted molar refractivity (Wildman–Crippen MR) is 137 cm³/mol. The Morgan fingerprint density at radius 1 is 1.19 bits per heavy atom. The monoisotopic (exact) mass is 519 g/mol. The van der Waals surface area contributed by atoms with Crippen molar-refractivity contribution in [3.63, 3.8) is 0 Å². The highest BCUT2D eigenvalue weighted by Crippen LogP contribution is 2.34. The summed E-state index contributed by atoms with van der Waals surface area (Å²) in [5, 5.41) is 10.6. The number of hydrogen-bond donors (Lipinski definition) is 1. The molecule has 0 saturated carbocycles. The summed E-state index contributed by atoms with van der Waals surface area (Å²) in [6, 6.07) is 13.0. The molecule has 1 aliphatic heterocycles. The lowest BCUT2D eigenvalue weighted by molar-refractivity contribution is -0.148. The third-order valence-electron chi connectivity index (χ3n) is 6.64. The molecule has 1 aromatic heterocycles. The van der Waals surface area contributed by atoms with Crippen molar-refractivity contribution in [2.45, 2.75) is 69.9 Å². The lowest BCUT2D eigenvalue weighted by atomic mass is 9.95. The molecule has 8 heteroatoms. The van der Waals surface area contributed by atoms with Gasteiger partial charge in [0.2, 0.25) is 0 Å². The molecule has 0 unspecified atom stereocenters. The Morgan fingerprint density at radius 2 is 1.94 bits per heavy atom. The maximum Gasteiger partial charge on any atom is 0.348 e. The average Bonchev–Trinajstić information content (AvgIpc) is 3.43. The summed E-state index contributed by atoms with van der Waals surface area (Å²) in [5.41, 5.74) is 1.29. The van der Waals surface area contributed by atoms with E-state index in [1.165, 1.54) is 28.9 Å². The zero-order valence-electron chi connectivity index (χ0n) is 20.9. The summed E-state index contributed by atoms with van der Waals surface area (Å²) in [5.74, 6) is -4.98. The molecule has 0 spiro atoms. The molecule has 1 fully saturated rings. The van der Waals surface area contributed by atoms with Crippen LogP contribution in [0.2, 0.25) is 0 Å². The molecule has 1 saturated heterocycles. The van der Waals surface area contributed by atoms with Crippen LogP contribution in [0.15, 0.2) is 54.6 Å². The summed E-state index contributed by atoms with van der Waals surface area (Å²) in [6.07, 6.45) is 6.66. The Bertz CT molecular complexity index is 1020. The summed E-state index contributed by atoms with van der Waals surface area (Å²) in [4.78, 5) is 26.5. The molecule has 1 aromatic carbocycles. The zero-order valence-corrected chi connectivity index (χ0v) is 21.7. The van der Waals surface area contributed by atoms with Crippen molar-refractivity contribution in [3.8, 4) is 0 Å². The SMILES string of the molecule is COC(=O)c1ccc(CCCN2C(=O)C(F)(F)C[C@@H]2/C=C/[C@@H](O)[C@@H](C)CCCCc2ccccc2)s1. The van der Waals surface area contributed by atoms with E-state index in [0.29, 0.717) is 17.7 Å². The number of aliphatic hydroxyl groups is 1. The largest absolute Gasteiger partial charge is 0.465 e. The highest BCUT2D eigenvalue weighted by atomic mass is 32.1. The Labute approximate surface area is 215 Å². The number of unbranched alkanes of at least 4 members (excludes halogenated alkanes) is 1. The highest BCUT2D eigenvalue weighted by Gasteiger charge is 2.52. The van der Waals surface area contributed by atoms with E-state index in [-0.39, 0.29) is 12.5 Å². The van der Waals surface area contributed by atoms with Crippen molar-refractivity contribution in [1.82, 2.24) is 4.90 Å². The number of methoxy groups -OCH3 is 1. The molecular formula is C28H35F2NO4S. The number of ether oxygens (including phenoxy) is 1. The lowest BCUT2D eigenvalue weighted by Gasteiger charge is -2.22. The van der Waals surface area contributed by atoms with Crippen LogP contribution >= 0.6 is 11.3 Å². The Hall–Kier alpha value is -2.58. The van der Waals surface area contributed by atoms with Gasteiger partial charge in [0, 0.05) is 17.8 Å². The fourth-order valence-electron chi connectivity index (χ4n) is 4.45. The fraction of sp³-hybridized carbons (Fsp3) is 0.500. The van der Waals surface area contributed by atoms with Crippen LogP contribution in [0, 0.1) is 5.92 Å². The van der Waals surface area contributed by atoms with Gasteiger partial charge < -0.3 is 14.7 Å². The number of nitrogens with zero attached hydrogens (tertiary/aromatic N) is 1. The van der Waals surface area contributed by atoms with E-state index >= 15 is 0 Å². The summed E-state index contributed by atoms with van der Waals surface area (Å²) < 4.78 is 33.1. The number of benzene rings is 1. The molecule has 3 rings (SSSR count). The van der Waals surface area contributed by atoms with Crippen molar-refractivity contribution in [2.75, 3.05) is 13.7 Å². The van der Waals surface area contributed by atoms with Gasteiger partial charge in [0.25, 0.3) is 5.91 Å². The van der Waals surface area contributed by atoms with Crippen LogP contribution < -0.4 is 0 Å². The van der Waals surface area contributed by atoms with Gasteiger partial charge in [-0.1, -0.05) is 55.8 Å². The number of thiophene rings is 1. The van der Waals surface area contributed by atoms with Crippen LogP contribution in [0.5, 0.6) is 0 Å². The maximum atomic E-state index is 14.2. The second kappa shape index (κ2) is 13.1. The number of aryl methyl sites for hydroxylation is 2. The van der Waals surface area contributed by atoms with Crippen molar-refractivity contribution in [3.05, 3.63) is 69.9 Å². The average molecular weight is 520 g/mol. The molecule has 2 aromatic rings. The molecular weight excluding hydrogens is 484 g/mol. The number of hydrogen-bond acceptors (Lipinski definition) is 5. The van der Waals surface area contributed by atoms with Gasteiger partial charge in [-0.25, -0.2) is 4.79 Å². The molecule has 5 nitrogen and oxygen atoms in total. The van der Waals surface area contributed by atoms with E-state index in [1.54, 1.807) is 18.2 Å². The first kappa shape index (κ1) is 28.0. The molecule has 1 amide bonds. The van der Waals surface area contributed by atoms with Crippen LogP contribution in [-0.2, 0) is 22.4 Å². The first-order valence-electron chi connectivity index (χ1n) is 12.5. The summed E-state index contributed by atoms with van der Waals surface area (Å²) in [6.45, 7) is 2.13. The predicted octanol–water partition coefficient (Wildman–Crippen LogP) is 5.67. The Balaban J connectivity index is 1.48. The molecule has 0 aliphatic carbocycles. The summed E-state index contributed by atoms with van der Waals surface area (Å²) in [7, 11) is 1.32. The number of rotatable bonds is 13. The molecule has 1 aliphatic rings. The van der Waals surface area contributed by atoms with Crippen LogP contribution in [0.25, 0.3) is 0 Å². The minimum atomic E-state index is -3.40. The van der Waals surface area contributed by atoms with E-state index < -0.39 is 36.4 Å². The summed E-state index contributed by atoms with van der Waals surface area (Å²) >= 11 is 1.30. The molecule has 36 heavy (non-hydrogen) atoms. The number of esters is 1. The molecule has 196 valence electrons. The Morgan fingerprint density at radius 3 is 2.67 bits per heavy atom. The van der Waals surface area contributed by atoms with Gasteiger partial charge in [0.15, 0.2) is 0 Å². The molecule has 0 bridgehead atoms. The van der Waals surface area contributed by atoms with E-state index in [1.807, 2.05) is 31.2 Å². The second-order valence-electron chi connectivity index (χ2n) is 9.42. The number of amides is 1. The molecule has 2 heterocycles. The van der Waals surface area contributed by atoms with E-state index in [0.717, 1.165) is 30.6 Å². The minimum absolute atomic E-state index is 0.00840. The van der Waals surface area contributed by atoms with Gasteiger partial charge in [0.05, 0.1) is 19.3 Å². The number of alkyl halides is 2. The number of aliphatic hydroxyl groups excluding tert-OH is 1. The van der Waals surface area contributed by atoms with Crippen molar-refractivity contribution in [1.29, 1.82) is 0 Å². The Kier molecular flexibility index (Phi) is 10.2. The van der Waals surface area contributed by atoms with Gasteiger partial charge in [-0.15, -0.1) is 11.3 Å². The second-order valence-corrected chi connectivity index (χ2v) is 10.6. The normalized spacial score (nSPS) is 19.1. The van der Waals surface area contributed by atoms with E-state index in [4.69, 9.17) is 4.74 Å².